The van der Waals surface area contributed by atoms with E-state index in [4.69, 9.17) is 9.47 Å². The number of benzene rings is 1. The van der Waals surface area contributed by atoms with E-state index in [2.05, 4.69) is 0 Å². The lowest BCUT2D eigenvalue weighted by Gasteiger charge is -2.29. The van der Waals surface area contributed by atoms with Crippen LogP contribution >= 0.6 is 0 Å². The number of ketones is 1. The first-order valence-electron chi connectivity index (χ1n) is 6.86. The van der Waals surface area contributed by atoms with Gasteiger partial charge in [0.05, 0.1) is 12.7 Å². The fourth-order valence-corrected chi connectivity index (χ4v) is 2.55. The van der Waals surface area contributed by atoms with Crippen molar-refractivity contribution in [3.8, 4) is 5.75 Å². The molecular weight excluding hydrogens is 294 g/mol. The molecule has 0 bridgehead atoms. The Morgan fingerprint density at radius 3 is 2.45 bits per heavy atom. The van der Waals surface area contributed by atoms with Crippen molar-refractivity contribution < 1.29 is 27.8 Å². The third-order valence-corrected chi connectivity index (χ3v) is 3.57. The summed E-state index contributed by atoms with van der Waals surface area (Å²) in [6.45, 7) is 4.70. The summed E-state index contributed by atoms with van der Waals surface area (Å²) in [7, 11) is 1.35. The third kappa shape index (κ3) is 2.46. The van der Waals surface area contributed by atoms with Crippen LogP contribution in [0.2, 0.25) is 0 Å². The fraction of sp³-hybridized carbons (Fsp3) is 0.500. The lowest BCUT2D eigenvalue weighted by molar-refractivity contribution is -0.171. The molecule has 0 fully saturated rings. The molecule has 1 aliphatic carbocycles. The van der Waals surface area contributed by atoms with Crippen LogP contribution in [0.5, 0.6) is 5.75 Å². The Kier molecular flexibility index (Phi) is 3.98. The van der Waals surface area contributed by atoms with Crippen molar-refractivity contribution in [2.75, 3.05) is 7.11 Å². The molecule has 0 aliphatic heterocycles. The summed E-state index contributed by atoms with van der Waals surface area (Å²) >= 11 is 0. The van der Waals surface area contributed by atoms with Crippen LogP contribution in [-0.4, -0.2) is 30.9 Å². The van der Waals surface area contributed by atoms with Crippen LogP contribution in [0.15, 0.2) is 18.2 Å². The molecule has 22 heavy (non-hydrogen) atoms. The van der Waals surface area contributed by atoms with E-state index in [0.29, 0.717) is 5.56 Å². The number of hydrogen-bond acceptors (Lipinski definition) is 4. The Hall–Kier alpha value is -1.98. The van der Waals surface area contributed by atoms with Gasteiger partial charge in [0, 0.05) is 6.42 Å². The van der Waals surface area contributed by atoms with Gasteiger partial charge in [0.15, 0.2) is 11.2 Å². The number of carbonyl (C=O) groups is 2. The van der Waals surface area contributed by atoms with Gasteiger partial charge in [-0.05, 0) is 32.4 Å². The molecule has 1 aromatic rings. The molecule has 0 spiro atoms. The van der Waals surface area contributed by atoms with Gasteiger partial charge in [-0.25, -0.2) is 8.78 Å². The first kappa shape index (κ1) is 16.4. The quantitative estimate of drug-likeness (QED) is 0.636. The highest BCUT2D eigenvalue weighted by Crippen LogP contribution is 2.46. The standard InChI is InChI=1S/C16H18F2O4/c1-15(2,3)22-14(20)16(13(17)18)8-9-6-5-7-10(21-4)11(9)12(16)19/h5-7,13H,8H2,1-4H3. The second kappa shape index (κ2) is 5.34. The molecule has 0 N–H and O–H groups in total. The predicted octanol–water partition coefficient (Wildman–Crippen LogP) is 3.03. The zero-order valence-corrected chi connectivity index (χ0v) is 12.9. The van der Waals surface area contributed by atoms with Crippen LogP contribution in [0.4, 0.5) is 8.78 Å². The number of hydrogen-bond donors (Lipinski definition) is 0. The number of esters is 1. The van der Waals surface area contributed by atoms with E-state index in [1.54, 1.807) is 32.9 Å². The first-order chi connectivity index (χ1) is 10.1. The monoisotopic (exact) mass is 312 g/mol. The Balaban J connectivity index is 2.52. The summed E-state index contributed by atoms with van der Waals surface area (Å²) in [5.74, 6) is -1.95. The van der Waals surface area contributed by atoms with Gasteiger partial charge in [0.25, 0.3) is 6.43 Å². The van der Waals surface area contributed by atoms with Gasteiger partial charge in [-0.3, -0.25) is 9.59 Å². The van der Waals surface area contributed by atoms with E-state index < -0.39 is 29.2 Å². The van der Waals surface area contributed by atoms with E-state index in [1.165, 1.54) is 13.2 Å². The smallest absolute Gasteiger partial charge is 0.326 e. The van der Waals surface area contributed by atoms with Crippen LogP contribution < -0.4 is 4.74 Å². The van der Waals surface area contributed by atoms with E-state index in [9.17, 15) is 18.4 Å². The molecule has 1 aromatic carbocycles. The molecule has 2 rings (SSSR count). The van der Waals surface area contributed by atoms with Crippen LogP contribution in [0.1, 0.15) is 36.7 Å². The van der Waals surface area contributed by atoms with Crippen molar-refractivity contribution in [2.24, 2.45) is 5.41 Å². The van der Waals surface area contributed by atoms with E-state index in [-0.39, 0.29) is 17.7 Å². The highest BCUT2D eigenvalue weighted by molar-refractivity contribution is 6.17. The van der Waals surface area contributed by atoms with E-state index >= 15 is 0 Å². The average Bonchev–Trinajstić information content (AvgIpc) is 2.71. The van der Waals surface area contributed by atoms with Crippen LogP contribution in [-0.2, 0) is 16.0 Å². The normalized spacial score (nSPS) is 21.0. The minimum absolute atomic E-state index is 0.0381. The number of halogens is 2. The minimum atomic E-state index is -3.16. The second-order valence-electron chi connectivity index (χ2n) is 6.27. The highest BCUT2D eigenvalue weighted by Gasteiger charge is 2.61. The molecule has 0 saturated carbocycles. The molecule has 0 radical (unpaired) electrons. The zero-order chi connectivity index (χ0) is 16.7. The van der Waals surface area contributed by atoms with Crippen molar-refractivity contribution in [3.05, 3.63) is 29.3 Å². The van der Waals surface area contributed by atoms with Crippen LogP contribution in [0, 0.1) is 5.41 Å². The zero-order valence-electron chi connectivity index (χ0n) is 12.9. The summed E-state index contributed by atoms with van der Waals surface area (Å²) in [5, 5.41) is 0. The predicted molar refractivity (Wildman–Crippen MR) is 75.3 cm³/mol. The van der Waals surface area contributed by atoms with Gasteiger partial charge < -0.3 is 9.47 Å². The maximum absolute atomic E-state index is 13.7. The maximum atomic E-state index is 13.7. The first-order valence-corrected chi connectivity index (χ1v) is 6.86. The van der Waals surface area contributed by atoms with Gasteiger partial charge in [-0.15, -0.1) is 0 Å². The van der Waals surface area contributed by atoms with Crippen molar-refractivity contribution in [1.82, 2.24) is 0 Å². The van der Waals surface area contributed by atoms with Gasteiger partial charge in [0.1, 0.15) is 11.4 Å². The molecule has 120 valence electrons. The second-order valence-corrected chi connectivity index (χ2v) is 6.27. The molecule has 0 amide bonds. The maximum Gasteiger partial charge on any atom is 0.326 e. The number of alkyl halides is 2. The van der Waals surface area contributed by atoms with E-state index in [0.717, 1.165) is 0 Å². The van der Waals surface area contributed by atoms with Crippen LogP contribution in [0.25, 0.3) is 0 Å². The molecular formula is C16H18F2O4. The van der Waals surface area contributed by atoms with Crippen molar-refractivity contribution in [1.29, 1.82) is 0 Å². The number of fused-ring (bicyclic) bond motifs is 1. The number of ether oxygens (including phenoxy) is 2. The molecule has 1 atom stereocenters. The topological polar surface area (TPSA) is 52.6 Å². The summed E-state index contributed by atoms with van der Waals surface area (Å²) in [5.41, 5.74) is -3.05. The summed E-state index contributed by atoms with van der Waals surface area (Å²) < 4.78 is 37.6. The average molecular weight is 312 g/mol. The van der Waals surface area contributed by atoms with Crippen LogP contribution in [0.3, 0.4) is 0 Å². The van der Waals surface area contributed by atoms with E-state index in [1.807, 2.05) is 0 Å². The van der Waals surface area contributed by atoms with Crippen molar-refractivity contribution in [2.45, 2.75) is 39.2 Å². The Morgan fingerprint density at radius 1 is 1.32 bits per heavy atom. The number of rotatable bonds is 3. The summed E-state index contributed by atoms with van der Waals surface area (Å²) in [4.78, 5) is 24.9. The number of Topliss-reactive ketones (excluding diaryl/α,β-unsaturated/α-hetero) is 1. The third-order valence-electron chi connectivity index (χ3n) is 3.57. The minimum Gasteiger partial charge on any atom is -0.496 e. The Labute approximate surface area is 127 Å². The molecule has 1 aliphatic rings. The van der Waals surface area contributed by atoms with Gasteiger partial charge >= 0.3 is 5.97 Å². The molecule has 6 heteroatoms. The molecule has 0 heterocycles. The summed E-state index contributed by atoms with van der Waals surface area (Å²) in [6, 6.07) is 4.65. The molecule has 4 nitrogen and oxygen atoms in total. The molecule has 0 saturated heterocycles. The van der Waals surface area contributed by atoms with Crippen molar-refractivity contribution >= 4 is 11.8 Å². The number of methoxy groups -OCH3 is 1. The fourth-order valence-electron chi connectivity index (χ4n) is 2.55. The highest BCUT2D eigenvalue weighted by atomic mass is 19.3. The lowest BCUT2D eigenvalue weighted by Crippen LogP contribution is -2.47. The number of carbonyl (C=O) groups excluding carboxylic acids is 2. The van der Waals surface area contributed by atoms with Gasteiger partial charge in [-0.2, -0.15) is 0 Å². The Bertz CT molecular complexity index is 619. The SMILES string of the molecule is COc1cccc2c1C(=O)C(C(=O)OC(C)(C)C)(C(F)F)C2. The van der Waals surface area contributed by atoms with Gasteiger partial charge in [-0.1, -0.05) is 12.1 Å². The largest absolute Gasteiger partial charge is 0.496 e. The molecule has 0 aromatic heterocycles. The Morgan fingerprint density at radius 2 is 1.95 bits per heavy atom. The summed E-state index contributed by atoms with van der Waals surface area (Å²) in [6.07, 6.45) is -3.54. The van der Waals surface area contributed by atoms with Gasteiger partial charge in [0.2, 0.25) is 0 Å². The lowest BCUT2D eigenvalue weighted by atomic mass is 9.83. The van der Waals surface area contributed by atoms with Crippen molar-refractivity contribution in [3.63, 3.8) is 0 Å². The molecule has 1 unspecified atom stereocenters.